The Hall–Kier alpha value is -0.960. The van der Waals surface area contributed by atoms with Crippen LogP contribution < -0.4 is 5.32 Å². The van der Waals surface area contributed by atoms with Gasteiger partial charge in [-0.1, -0.05) is 12.8 Å². The molecule has 0 aromatic carbocycles. The summed E-state index contributed by atoms with van der Waals surface area (Å²) in [5.41, 5.74) is -1.25. The maximum Gasteiger partial charge on any atom is 0.329 e. The van der Waals surface area contributed by atoms with Crippen molar-refractivity contribution < 1.29 is 23.1 Å². The molecule has 0 aromatic rings. The van der Waals surface area contributed by atoms with Gasteiger partial charge in [-0.15, -0.1) is 0 Å². The van der Waals surface area contributed by atoms with Gasteiger partial charge in [0, 0.05) is 24.3 Å². The number of carbonyl (C=O) groups is 2. The molecule has 1 heterocycles. The molecule has 7 nitrogen and oxygen atoms in total. The summed E-state index contributed by atoms with van der Waals surface area (Å²) in [5.74, 6) is -0.0677. The summed E-state index contributed by atoms with van der Waals surface area (Å²) >= 11 is 1.48. The lowest BCUT2D eigenvalue weighted by Crippen LogP contribution is -2.60. The van der Waals surface area contributed by atoms with Crippen LogP contribution in [0.3, 0.4) is 0 Å². The zero-order valence-electron chi connectivity index (χ0n) is 11.9. The van der Waals surface area contributed by atoms with Crippen LogP contribution in [0, 0.1) is 0 Å². The first-order valence-corrected chi connectivity index (χ1v) is 9.96. The molecule has 2 N–H and O–H groups in total. The summed E-state index contributed by atoms with van der Waals surface area (Å²) in [6.45, 7) is 0.309. The Morgan fingerprint density at radius 1 is 1.33 bits per heavy atom. The van der Waals surface area contributed by atoms with E-state index >= 15 is 0 Å². The third kappa shape index (κ3) is 3.45. The summed E-state index contributed by atoms with van der Waals surface area (Å²) in [4.78, 5) is 25.1. The molecule has 2 aliphatic rings. The number of aliphatic carboxylic acids is 1. The van der Waals surface area contributed by atoms with E-state index in [4.69, 9.17) is 0 Å². The van der Waals surface area contributed by atoms with Gasteiger partial charge in [0.05, 0.1) is 0 Å². The molecule has 9 heteroatoms. The number of urea groups is 1. The summed E-state index contributed by atoms with van der Waals surface area (Å²) in [6.07, 6.45) is 3.38. The van der Waals surface area contributed by atoms with Crippen LogP contribution in [0.4, 0.5) is 4.79 Å². The summed E-state index contributed by atoms with van der Waals surface area (Å²) in [6, 6.07) is -0.588. The first kappa shape index (κ1) is 16.4. The number of rotatable bonds is 3. The summed E-state index contributed by atoms with van der Waals surface area (Å²) in [5, 5.41) is 11.1. The van der Waals surface area contributed by atoms with E-state index in [1.807, 2.05) is 0 Å². The van der Waals surface area contributed by atoms with Crippen molar-refractivity contribution in [3.05, 3.63) is 0 Å². The van der Waals surface area contributed by atoms with Gasteiger partial charge in [0.1, 0.15) is 10.9 Å². The number of carboxylic acid groups (broad SMARTS) is 1. The van der Waals surface area contributed by atoms with Crippen LogP contribution in [0.15, 0.2) is 0 Å². The Morgan fingerprint density at radius 3 is 2.48 bits per heavy atom. The van der Waals surface area contributed by atoms with Gasteiger partial charge in [-0.05, 0) is 12.8 Å². The van der Waals surface area contributed by atoms with Crippen molar-refractivity contribution >= 4 is 33.6 Å². The second-order valence-electron chi connectivity index (χ2n) is 5.58. The highest BCUT2D eigenvalue weighted by Gasteiger charge is 2.45. The van der Waals surface area contributed by atoms with Gasteiger partial charge in [0.2, 0.25) is 0 Å². The molecule has 0 radical (unpaired) electrons. The molecule has 21 heavy (non-hydrogen) atoms. The molecule has 120 valence electrons. The largest absolute Gasteiger partial charge is 0.480 e. The Labute approximate surface area is 128 Å². The van der Waals surface area contributed by atoms with E-state index in [0.717, 1.165) is 19.1 Å². The van der Waals surface area contributed by atoms with Gasteiger partial charge >= 0.3 is 12.0 Å². The van der Waals surface area contributed by atoms with Gasteiger partial charge in [0.15, 0.2) is 9.84 Å². The van der Waals surface area contributed by atoms with Gasteiger partial charge in [-0.3, -0.25) is 0 Å². The number of sulfone groups is 1. The number of hydrogen-bond acceptors (Lipinski definition) is 5. The molecule has 0 spiro atoms. The number of carbonyl (C=O) groups excluding carboxylic acids is 1. The number of hydrogen-bond donors (Lipinski definition) is 2. The van der Waals surface area contributed by atoms with Gasteiger partial charge in [-0.2, -0.15) is 11.8 Å². The fraction of sp³-hybridized carbons (Fsp3) is 0.833. The van der Waals surface area contributed by atoms with Gasteiger partial charge < -0.3 is 15.3 Å². The van der Waals surface area contributed by atoms with Crippen molar-refractivity contribution in [2.45, 2.75) is 36.6 Å². The average Bonchev–Trinajstić information content (AvgIpc) is 2.87. The van der Waals surface area contributed by atoms with E-state index in [1.54, 1.807) is 0 Å². The molecule has 2 amide bonds. The maximum absolute atomic E-state index is 12.4. The van der Waals surface area contributed by atoms with E-state index in [2.05, 4.69) is 5.32 Å². The smallest absolute Gasteiger partial charge is 0.329 e. The molecule has 0 aromatic heterocycles. The predicted octanol–water partition coefficient (Wildman–Crippen LogP) is 0.513. The van der Waals surface area contributed by atoms with Crippen LogP contribution in [0.2, 0.25) is 0 Å². The molecule has 2 fully saturated rings. The van der Waals surface area contributed by atoms with Crippen LogP contribution >= 0.6 is 11.8 Å². The van der Waals surface area contributed by atoms with Crippen molar-refractivity contribution in [2.75, 3.05) is 24.3 Å². The number of nitrogens with one attached hydrogen (secondary N) is 1. The molecule has 0 bridgehead atoms. The Morgan fingerprint density at radius 2 is 1.95 bits per heavy atom. The molecular formula is C12H20N2O5S2. The van der Waals surface area contributed by atoms with E-state index in [1.165, 1.54) is 16.7 Å². The molecule has 1 aliphatic heterocycles. The number of carboxylic acids is 1. The topological polar surface area (TPSA) is 104 Å². The van der Waals surface area contributed by atoms with Crippen molar-refractivity contribution in [3.63, 3.8) is 0 Å². The minimum Gasteiger partial charge on any atom is -0.480 e. The van der Waals surface area contributed by atoms with Gasteiger partial charge in [-0.25, -0.2) is 18.0 Å². The quantitative estimate of drug-likeness (QED) is 0.778. The Bertz CT molecular complexity index is 528. The summed E-state index contributed by atoms with van der Waals surface area (Å²) < 4.78 is 23.6. The van der Waals surface area contributed by atoms with Gasteiger partial charge in [0.25, 0.3) is 0 Å². The zero-order chi connectivity index (χ0) is 15.7. The van der Waals surface area contributed by atoms with E-state index < -0.39 is 32.8 Å². The Kier molecular flexibility index (Phi) is 4.72. The van der Waals surface area contributed by atoms with Crippen molar-refractivity contribution in [2.24, 2.45) is 0 Å². The van der Waals surface area contributed by atoms with E-state index in [0.29, 0.717) is 30.9 Å². The molecule has 1 unspecified atom stereocenters. The van der Waals surface area contributed by atoms with Crippen LogP contribution in [-0.2, 0) is 14.6 Å². The fourth-order valence-electron chi connectivity index (χ4n) is 2.82. The monoisotopic (exact) mass is 336 g/mol. The van der Waals surface area contributed by atoms with Crippen molar-refractivity contribution in [1.29, 1.82) is 0 Å². The minimum absolute atomic E-state index is 0.309. The minimum atomic E-state index is -3.40. The SMILES string of the molecule is CS(=O)(=O)C1CSCCN1C(=O)NC1(C(=O)O)CCCC1. The fourth-order valence-corrected chi connectivity index (χ4v) is 5.63. The van der Waals surface area contributed by atoms with E-state index in [-0.39, 0.29) is 0 Å². The van der Waals surface area contributed by atoms with Crippen molar-refractivity contribution in [3.8, 4) is 0 Å². The molecule has 1 atom stereocenters. The lowest BCUT2D eigenvalue weighted by Gasteiger charge is -2.36. The lowest BCUT2D eigenvalue weighted by molar-refractivity contribution is -0.144. The molecule has 1 saturated carbocycles. The van der Waals surface area contributed by atoms with Crippen LogP contribution in [0.5, 0.6) is 0 Å². The van der Waals surface area contributed by atoms with Crippen LogP contribution in [0.1, 0.15) is 25.7 Å². The highest BCUT2D eigenvalue weighted by atomic mass is 32.2. The second-order valence-corrected chi connectivity index (χ2v) is 8.93. The number of nitrogens with zero attached hydrogens (tertiary/aromatic N) is 1. The van der Waals surface area contributed by atoms with Crippen LogP contribution in [-0.4, -0.2) is 65.6 Å². The standard InChI is InChI=1S/C12H20N2O5S2/c1-21(18,19)9-8-20-7-6-14(9)11(17)13-12(10(15)16)4-2-3-5-12/h9H,2-8H2,1H3,(H,13,17)(H,15,16). The second kappa shape index (κ2) is 6.04. The predicted molar refractivity (Wildman–Crippen MR) is 80.0 cm³/mol. The highest BCUT2D eigenvalue weighted by Crippen LogP contribution is 2.31. The first-order chi connectivity index (χ1) is 9.76. The Balaban J connectivity index is 2.16. The number of amides is 2. The van der Waals surface area contributed by atoms with Crippen molar-refractivity contribution in [1.82, 2.24) is 10.2 Å². The number of thioether (sulfide) groups is 1. The average molecular weight is 336 g/mol. The molecule has 1 aliphatic carbocycles. The lowest BCUT2D eigenvalue weighted by atomic mass is 9.98. The molecular weight excluding hydrogens is 316 g/mol. The highest BCUT2D eigenvalue weighted by molar-refractivity contribution is 8.00. The normalized spacial score (nSPS) is 25.6. The maximum atomic E-state index is 12.4. The third-order valence-electron chi connectivity index (χ3n) is 4.05. The first-order valence-electron chi connectivity index (χ1n) is 6.85. The third-order valence-corrected chi connectivity index (χ3v) is 6.70. The molecule has 1 saturated heterocycles. The van der Waals surface area contributed by atoms with E-state index in [9.17, 15) is 23.1 Å². The zero-order valence-corrected chi connectivity index (χ0v) is 13.5. The van der Waals surface area contributed by atoms with Crippen LogP contribution in [0.25, 0.3) is 0 Å². The molecule has 2 rings (SSSR count). The summed E-state index contributed by atoms with van der Waals surface area (Å²) in [7, 11) is -3.40.